The summed E-state index contributed by atoms with van der Waals surface area (Å²) in [6.45, 7) is 1.09. The Labute approximate surface area is 170 Å². The van der Waals surface area contributed by atoms with Gasteiger partial charge in [-0.3, -0.25) is 19.3 Å². The smallest absolute Gasteiger partial charge is 0.366 e. The zero-order valence-electron chi connectivity index (χ0n) is 16.0. The van der Waals surface area contributed by atoms with Gasteiger partial charge in [-0.25, -0.2) is 0 Å². The second kappa shape index (κ2) is 7.10. The van der Waals surface area contributed by atoms with Crippen molar-refractivity contribution in [2.75, 3.05) is 30.1 Å². The highest BCUT2D eigenvalue weighted by Crippen LogP contribution is 2.35. The number of rotatable bonds is 4. The average molecular weight is 412 g/mol. The van der Waals surface area contributed by atoms with Crippen molar-refractivity contribution in [3.8, 4) is 11.5 Å². The van der Waals surface area contributed by atoms with Crippen LogP contribution in [0.15, 0.2) is 30.3 Å². The number of ketones is 1. The Kier molecular flexibility index (Phi) is 4.57. The van der Waals surface area contributed by atoms with Crippen LogP contribution in [0.1, 0.15) is 17.3 Å². The number of nitrogens with zero attached hydrogens (tertiary/aromatic N) is 4. The molecule has 11 heteroatoms. The third kappa shape index (κ3) is 3.09. The number of ether oxygens (including phenoxy) is 2. The largest absolute Gasteiger partial charge is 0.482 e. The molecule has 3 heterocycles. The molecule has 2 aliphatic heterocycles. The summed E-state index contributed by atoms with van der Waals surface area (Å²) in [5.74, 6) is -1.16. The molecule has 1 unspecified atom stereocenters. The van der Waals surface area contributed by atoms with Gasteiger partial charge in [0, 0.05) is 18.7 Å². The first kappa shape index (κ1) is 19.3. The summed E-state index contributed by atoms with van der Waals surface area (Å²) in [6.07, 6.45) is 0. The number of likely N-dealkylation sites (N-methyl/N-ethyl adjacent to an activating group) is 1. The molecule has 2 aliphatic rings. The number of pyridine rings is 1. The number of Topliss-reactive ketones (excluding diaryl/α,β-unsaturated/α-hetero) is 1. The van der Waals surface area contributed by atoms with Crippen molar-refractivity contribution in [2.24, 2.45) is 0 Å². The normalized spacial score (nSPS) is 16.2. The Hall–Kier alpha value is -4.02. The lowest BCUT2D eigenvalue weighted by molar-refractivity contribution is -0.389. The SMILES string of the molecule is CC(C(=O)c1ccc2c(c1)N(C)C(=O)CO2)N1C(=O)COc2ccc([N+](=O)[O-])nc21. The second-order valence-electron chi connectivity index (χ2n) is 6.76. The van der Waals surface area contributed by atoms with Crippen molar-refractivity contribution in [2.45, 2.75) is 13.0 Å². The number of aromatic nitrogens is 1. The maximum absolute atomic E-state index is 13.2. The molecule has 0 bridgehead atoms. The molecule has 1 aromatic heterocycles. The number of nitro groups is 1. The summed E-state index contributed by atoms with van der Waals surface area (Å²) < 4.78 is 10.6. The monoisotopic (exact) mass is 412 g/mol. The molecule has 1 atom stereocenters. The van der Waals surface area contributed by atoms with Crippen LogP contribution in [0.25, 0.3) is 0 Å². The van der Waals surface area contributed by atoms with E-state index >= 15 is 0 Å². The van der Waals surface area contributed by atoms with Gasteiger partial charge in [0.05, 0.1) is 5.69 Å². The minimum atomic E-state index is -1.02. The van der Waals surface area contributed by atoms with Crippen LogP contribution in [0.4, 0.5) is 17.3 Å². The van der Waals surface area contributed by atoms with Crippen molar-refractivity contribution < 1.29 is 28.8 Å². The topological polar surface area (TPSA) is 132 Å². The minimum absolute atomic E-state index is 0.0866. The van der Waals surface area contributed by atoms with Gasteiger partial charge in [-0.05, 0) is 41.1 Å². The van der Waals surface area contributed by atoms with E-state index in [4.69, 9.17) is 9.47 Å². The van der Waals surface area contributed by atoms with Crippen molar-refractivity contribution in [3.63, 3.8) is 0 Å². The summed E-state index contributed by atoms with van der Waals surface area (Å²) in [5, 5.41) is 11.1. The van der Waals surface area contributed by atoms with Crippen LogP contribution in [0.5, 0.6) is 11.5 Å². The standard InChI is InChI=1S/C19H16N4O7/c1-10(18(26)11-3-4-13-12(7-11)21(2)16(24)8-29-13)22-17(25)9-30-14-5-6-15(23(27)28)20-19(14)22/h3-7,10H,8-9H2,1-2H3. The Bertz CT molecular complexity index is 1100. The molecule has 4 rings (SSSR count). The van der Waals surface area contributed by atoms with Crippen molar-refractivity contribution in [3.05, 3.63) is 46.0 Å². The lowest BCUT2D eigenvalue weighted by Gasteiger charge is -2.30. The Morgan fingerprint density at radius 2 is 1.80 bits per heavy atom. The molecule has 0 radical (unpaired) electrons. The van der Waals surface area contributed by atoms with Crippen LogP contribution >= 0.6 is 0 Å². The van der Waals surface area contributed by atoms with Gasteiger partial charge in [-0.2, -0.15) is 0 Å². The maximum Gasteiger partial charge on any atom is 0.366 e. The number of carbonyl (C=O) groups excluding carboxylic acids is 3. The number of anilines is 2. The van der Waals surface area contributed by atoms with E-state index in [-0.39, 0.29) is 36.3 Å². The molecular formula is C19H16N4O7. The van der Waals surface area contributed by atoms with Crippen LogP contribution in [-0.2, 0) is 9.59 Å². The molecule has 0 fully saturated rings. The van der Waals surface area contributed by atoms with E-state index < -0.39 is 28.5 Å². The van der Waals surface area contributed by atoms with Crippen LogP contribution < -0.4 is 19.3 Å². The number of benzene rings is 1. The first-order chi connectivity index (χ1) is 14.3. The van der Waals surface area contributed by atoms with E-state index in [9.17, 15) is 24.5 Å². The van der Waals surface area contributed by atoms with Crippen LogP contribution in [-0.4, -0.2) is 53.8 Å². The maximum atomic E-state index is 13.2. The van der Waals surface area contributed by atoms with E-state index in [2.05, 4.69) is 4.98 Å². The summed E-state index contributed by atoms with van der Waals surface area (Å²) in [5.41, 5.74) is 0.685. The van der Waals surface area contributed by atoms with E-state index in [1.165, 1.54) is 30.0 Å². The third-order valence-corrected chi connectivity index (χ3v) is 4.96. The molecule has 0 N–H and O–H groups in total. The first-order valence-electron chi connectivity index (χ1n) is 8.96. The zero-order chi connectivity index (χ0) is 21.6. The molecule has 30 heavy (non-hydrogen) atoms. The van der Waals surface area contributed by atoms with Gasteiger partial charge in [0.25, 0.3) is 17.6 Å². The van der Waals surface area contributed by atoms with E-state index in [0.717, 1.165) is 11.0 Å². The molecule has 1 aromatic carbocycles. The fourth-order valence-corrected chi connectivity index (χ4v) is 3.32. The fraction of sp³-hybridized carbons (Fsp3) is 0.263. The molecule has 154 valence electrons. The lowest BCUT2D eigenvalue weighted by atomic mass is 10.0. The third-order valence-electron chi connectivity index (χ3n) is 4.96. The molecule has 0 saturated heterocycles. The van der Waals surface area contributed by atoms with Gasteiger partial charge in [0.15, 0.2) is 24.7 Å². The molecule has 2 amide bonds. The molecule has 2 aromatic rings. The van der Waals surface area contributed by atoms with Crippen LogP contribution in [0.2, 0.25) is 0 Å². The molecule has 0 aliphatic carbocycles. The quantitative estimate of drug-likeness (QED) is 0.417. The Balaban J connectivity index is 1.70. The minimum Gasteiger partial charge on any atom is -0.482 e. The van der Waals surface area contributed by atoms with Gasteiger partial charge < -0.3 is 24.5 Å². The summed E-state index contributed by atoms with van der Waals surface area (Å²) in [6, 6.07) is 6.12. The van der Waals surface area contributed by atoms with Crippen LogP contribution in [0, 0.1) is 10.1 Å². The first-order valence-corrected chi connectivity index (χ1v) is 8.96. The highest BCUT2D eigenvalue weighted by atomic mass is 16.6. The van der Waals surface area contributed by atoms with Gasteiger partial charge in [0.2, 0.25) is 0 Å². The lowest BCUT2D eigenvalue weighted by Crippen LogP contribution is -2.48. The fourth-order valence-electron chi connectivity index (χ4n) is 3.32. The predicted molar refractivity (Wildman–Crippen MR) is 103 cm³/mol. The summed E-state index contributed by atoms with van der Waals surface area (Å²) >= 11 is 0. The predicted octanol–water partition coefficient (Wildman–Crippen LogP) is 1.34. The van der Waals surface area contributed by atoms with Crippen molar-refractivity contribution >= 4 is 34.9 Å². The van der Waals surface area contributed by atoms with E-state index in [1.807, 2.05) is 0 Å². The number of amides is 2. The average Bonchev–Trinajstić information content (AvgIpc) is 2.74. The molecule has 0 saturated carbocycles. The highest BCUT2D eigenvalue weighted by molar-refractivity contribution is 6.10. The van der Waals surface area contributed by atoms with Gasteiger partial charge >= 0.3 is 5.82 Å². The van der Waals surface area contributed by atoms with Gasteiger partial charge in [0.1, 0.15) is 11.8 Å². The summed E-state index contributed by atoms with van der Waals surface area (Å²) in [7, 11) is 1.58. The van der Waals surface area contributed by atoms with E-state index in [0.29, 0.717) is 11.4 Å². The highest BCUT2D eigenvalue weighted by Gasteiger charge is 2.38. The van der Waals surface area contributed by atoms with Crippen molar-refractivity contribution in [1.82, 2.24) is 4.98 Å². The number of hydrogen-bond donors (Lipinski definition) is 0. The van der Waals surface area contributed by atoms with Crippen molar-refractivity contribution in [1.29, 1.82) is 0 Å². The van der Waals surface area contributed by atoms with Crippen LogP contribution in [0.3, 0.4) is 0 Å². The number of fused-ring (bicyclic) bond motifs is 2. The number of hydrogen-bond acceptors (Lipinski definition) is 8. The zero-order valence-corrected chi connectivity index (χ0v) is 16.0. The Morgan fingerprint density at radius 3 is 2.53 bits per heavy atom. The summed E-state index contributed by atoms with van der Waals surface area (Å²) in [4.78, 5) is 54.3. The molecule has 11 nitrogen and oxygen atoms in total. The second-order valence-corrected chi connectivity index (χ2v) is 6.76. The molecule has 0 spiro atoms. The van der Waals surface area contributed by atoms with E-state index in [1.54, 1.807) is 13.1 Å². The Morgan fingerprint density at radius 1 is 1.13 bits per heavy atom. The molecular weight excluding hydrogens is 396 g/mol. The number of carbonyl (C=O) groups is 3. The van der Waals surface area contributed by atoms with Gasteiger partial charge in [-0.1, -0.05) is 0 Å². The van der Waals surface area contributed by atoms with Gasteiger partial charge in [-0.15, -0.1) is 0 Å².